The van der Waals surface area contributed by atoms with Gasteiger partial charge in [0, 0.05) is 18.5 Å². The summed E-state index contributed by atoms with van der Waals surface area (Å²) in [7, 11) is 0. The molecule has 2 unspecified atom stereocenters. The molecule has 0 saturated heterocycles. The molecular formula is C14H21F2NO. The molecule has 2 atom stereocenters. The quantitative estimate of drug-likeness (QED) is 0.823. The Balaban J connectivity index is 2.81. The number of aliphatic hydroxyl groups excluding tert-OH is 1. The Hall–Kier alpha value is -1.00. The van der Waals surface area contributed by atoms with Crippen LogP contribution in [0.5, 0.6) is 0 Å². The third-order valence-electron chi connectivity index (χ3n) is 3.12. The lowest BCUT2D eigenvalue weighted by molar-refractivity contribution is 0.127. The minimum absolute atomic E-state index is 0.141. The Labute approximate surface area is 107 Å². The van der Waals surface area contributed by atoms with Gasteiger partial charge in [-0.1, -0.05) is 19.9 Å². The van der Waals surface area contributed by atoms with E-state index in [9.17, 15) is 13.9 Å². The highest BCUT2D eigenvalue weighted by atomic mass is 19.1. The van der Waals surface area contributed by atoms with Crippen molar-refractivity contribution in [2.24, 2.45) is 11.7 Å². The average molecular weight is 257 g/mol. The smallest absolute Gasteiger partial charge is 0.129 e. The predicted octanol–water partition coefficient (Wildman–Crippen LogP) is 2.80. The van der Waals surface area contributed by atoms with Crippen molar-refractivity contribution in [1.82, 2.24) is 0 Å². The van der Waals surface area contributed by atoms with E-state index in [-0.39, 0.29) is 12.1 Å². The van der Waals surface area contributed by atoms with Crippen LogP contribution >= 0.6 is 0 Å². The molecule has 0 aromatic heterocycles. The minimum atomic E-state index is -0.697. The summed E-state index contributed by atoms with van der Waals surface area (Å²) < 4.78 is 26.5. The van der Waals surface area contributed by atoms with E-state index in [1.807, 2.05) is 0 Å². The summed E-state index contributed by atoms with van der Waals surface area (Å²) in [5.74, 6) is -1.28. The molecule has 4 heteroatoms. The van der Waals surface area contributed by atoms with Crippen molar-refractivity contribution < 1.29 is 13.9 Å². The van der Waals surface area contributed by atoms with Crippen LogP contribution in [0.15, 0.2) is 18.2 Å². The number of hydrogen-bond acceptors (Lipinski definition) is 2. The van der Waals surface area contributed by atoms with Crippen molar-refractivity contribution in [2.75, 3.05) is 6.54 Å². The molecule has 1 aromatic rings. The number of aliphatic hydroxyl groups is 1. The second-order valence-corrected chi connectivity index (χ2v) is 5.05. The largest absolute Gasteiger partial charge is 0.392 e. The Morgan fingerprint density at radius 1 is 1.22 bits per heavy atom. The zero-order valence-corrected chi connectivity index (χ0v) is 10.9. The van der Waals surface area contributed by atoms with Gasteiger partial charge in [-0.15, -0.1) is 0 Å². The van der Waals surface area contributed by atoms with Crippen LogP contribution in [0.25, 0.3) is 0 Å². The standard InChI is InChI=1S/C14H21F2NO/c1-9(2)3-6-14(18)12(8-17)11-5-4-10(15)7-13(11)16/h4-5,7,9,12,14,18H,3,6,8,17H2,1-2H3. The number of nitrogens with two attached hydrogens (primary N) is 1. The molecule has 102 valence electrons. The molecule has 0 saturated carbocycles. The van der Waals surface area contributed by atoms with Crippen molar-refractivity contribution in [3.63, 3.8) is 0 Å². The van der Waals surface area contributed by atoms with Gasteiger partial charge in [0.2, 0.25) is 0 Å². The second kappa shape index (κ2) is 6.81. The number of benzene rings is 1. The van der Waals surface area contributed by atoms with Crippen LogP contribution in [-0.4, -0.2) is 17.8 Å². The third kappa shape index (κ3) is 4.03. The van der Waals surface area contributed by atoms with E-state index >= 15 is 0 Å². The summed E-state index contributed by atoms with van der Waals surface area (Å²) in [5.41, 5.74) is 5.89. The van der Waals surface area contributed by atoms with Crippen molar-refractivity contribution in [3.8, 4) is 0 Å². The number of rotatable bonds is 6. The first-order chi connectivity index (χ1) is 8.45. The average Bonchev–Trinajstić information content (AvgIpc) is 2.30. The molecule has 0 radical (unpaired) electrons. The molecule has 1 aromatic carbocycles. The van der Waals surface area contributed by atoms with Crippen LogP contribution in [-0.2, 0) is 0 Å². The lowest BCUT2D eigenvalue weighted by Crippen LogP contribution is -2.27. The highest BCUT2D eigenvalue weighted by Gasteiger charge is 2.23. The lowest BCUT2D eigenvalue weighted by atomic mass is 9.89. The van der Waals surface area contributed by atoms with Gasteiger partial charge in [-0.25, -0.2) is 8.78 Å². The Morgan fingerprint density at radius 2 is 1.89 bits per heavy atom. The Kier molecular flexibility index (Phi) is 5.69. The zero-order valence-electron chi connectivity index (χ0n) is 10.9. The van der Waals surface area contributed by atoms with E-state index in [1.165, 1.54) is 12.1 Å². The zero-order chi connectivity index (χ0) is 13.7. The fourth-order valence-corrected chi connectivity index (χ4v) is 2.00. The number of halogens is 2. The maximum Gasteiger partial charge on any atom is 0.129 e. The third-order valence-corrected chi connectivity index (χ3v) is 3.12. The van der Waals surface area contributed by atoms with Gasteiger partial charge in [0.25, 0.3) is 0 Å². The molecule has 3 N–H and O–H groups in total. The molecule has 0 bridgehead atoms. The molecule has 0 aliphatic carbocycles. The molecule has 0 heterocycles. The molecule has 0 aliphatic heterocycles. The number of hydrogen-bond donors (Lipinski definition) is 2. The van der Waals surface area contributed by atoms with Gasteiger partial charge in [-0.05, 0) is 30.4 Å². The summed E-state index contributed by atoms with van der Waals surface area (Å²) in [6, 6.07) is 3.38. The SMILES string of the molecule is CC(C)CCC(O)C(CN)c1ccc(F)cc1F. The molecule has 0 aliphatic rings. The van der Waals surface area contributed by atoms with E-state index in [1.54, 1.807) is 0 Å². The van der Waals surface area contributed by atoms with Gasteiger partial charge in [0.15, 0.2) is 0 Å². The van der Waals surface area contributed by atoms with Crippen LogP contribution in [0.1, 0.15) is 38.2 Å². The summed E-state index contributed by atoms with van der Waals surface area (Å²) in [4.78, 5) is 0. The molecular weight excluding hydrogens is 236 g/mol. The van der Waals surface area contributed by atoms with Gasteiger partial charge < -0.3 is 10.8 Å². The minimum Gasteiger partial charge on any atom is -0.392 e. The van der Waals surface area contributed by atoms with Crippen molar-refractivity contribution >= 4 is 0 Å². The van der Waals surface area contributed by atoms with Gasteiger partial charge >= 0.3 is 0 Å². The van der Waals surface area contributed by atoms with Crippen molar-refractivity contribution in [1.29, 1.82) is 0 Å². The van der Waals surface area contributed by atoms with Crippen LogP contribution in [0.2, 0.25) is 0 Å². The van der Waals surface area contributed by atoms with E-state index in [4.69, 9.17) is 5.73 Å². The predicted molar refractivity (Wildman–Crippen MR) is 68.2 cm³/mol. The summed E-state index contributed by atoms with van der Waals surface area (Å²) >= 11 is 0. The molecule has 0 fully saturated rings. The van der Waals surface area contributed by atoms with E-state index in [0.717, 1.165) is 12.5 Å². The van der Waals surface area contributed by atoms with E-state index in [2.05, 4.69) is 13.8 Å². The molecule has 18 heavy (non-hydrogen) atoms. The van der Waals surface area contributed by atoms with Crippen LogP contribution < -0.4 is 5.73 Å². The lowest BCUT2D eigenvalue weighted by Gasteiger charge is -2.23. The highest BCUT2D eigenvalue weighted by molar-refractivity contribution is 5.24. The second-order valence-electron chi connectivity index (χ2n) is 5.05. The van der Waals surface area contributed by atoms with Crippen LogP contribution in [0, 0.1) is 17.6 Å². The fraction of sp³-hybridized carbons (Fsp3) is 0.571. The van der Waals surface area contributed by atoms with E-state index < -0.39 is 23.7 Å². The fourth-order valence-electron chi connectivity index (χ4n) is 2.00. The molecule has 0 amide bonds. The van der Waals surface area contributed by atoms with Crippen molar-refractivity contribution in [2.45, 2.75) is 38.7 Å². The van der Waals surface area contributed by atoms with Crippen molar-refractivity contribution in [3.05, 3.63) is 35.4 Å². The monoisotopic (exact) mass is 257 g/mol. The van der Waals surface area contributed by atoms with Gasteiger partial charge in [-0.2, -0.15) is 0 Å². The summed E-state index contributed by atoms with van der Waals surface area (Å²) in [5, 5.41) is 10.1. The van der Waals surface area contributed by atoms with E-state index in [0.29, 0.717) is 12.3 Å². The first-order valence-electron chi connectivity index (χ1n) is 6.28. The first kappa shape index (κ1) is 15.1. The molecule has 2 nitrogen and oxygen atoms in total. The summed E-state index contributed by atoms with van der Waals surface area (Å²) in [6.07, 6.45) is 0.717. The van der Waals surface area contributed by atoms with Crippen LogP contribution in [0.4, 0.5) is 8.78 Å². The normalized spacial score (nSPS) is 14.8. The highest BCUT2D eigenvalue weighted by Crippen LogP contribution is 2.25. The Bertz CT molecular complexity index is 382. The Morgan fingerprint density at radius 3 is 2.39 bits per heavy atom. The van der Waals surface area contributed by atoms with Gasteiger partial charge in [-0.3, -0.25) is 0 Å². The maximum absolute atomic E-state index is 13.6. The maximum atomic E-state index is 13.6. The topological polar surface area (TPSA) is 46.2 Å². The van der Waals surface area contributed by atoms with Gasteiger partial charge in [0.1, 0.15) is 11.6 Å². The summed E-state index contributed by atoms with van der Waals surface area (Å²) in [6.45, 7) is 4.26. The first-order valence-corrected chi connectivity index (χ1v) is 6.28. The van der Waals surface area contributed by atoms with Gasteiger partial charge in [0.05, 0.1) is 6.10 Å². The molecule has 1 rings (SSSR count). The van der Waals surface area contributed by atoms with Crippen LogP contribution in [0.3, 0.4) is 0 Å². The molecule has 0 spiro atoms.